The van der Waals surface area contributed by atoms with Gasteiger partial charge < -0.3 is 5.32 Å². The number of pyridine rings is 1. The van der Waals surface area contributed by atoms with Gasteiger partial charge in [0, 0.05) is 19.3 Å². The van der Waals surface area contributed by atoms with E-state index in [1.807, 2.05) is 32.0 Å². The van der Waals surface area contributed by atoms with E-state index in [9.17, 15) is 4.79 Å². The van der Waals surface area contributed by atoms with Crippen LogP contribution in [-0.4, -0.2) is 24.0 Å². The number of hydrogen-bond acceptors (Lipinski definition) is 3. The normalized spacial score (nSPS) is 14.3. The molecule has 0 radical (unpaired) electrons. The second-order valence-electron chi connectivity index (χ2n) is 3.48. The van der Waals surface area contributed by atoms with Crippen molar-refractivity contribution >= 4 is 5.91 Å². The highest BCUT2D eigenvalue weighted by Crippen LogP contribution is 2.08. The SMILES string of the molecule is CNC(=O)C(C)N[C@@H](C)c1ccccn1. The number of carbonyl (C=O) groups is 1. The summed E-state index contributed by atoms with van der Waals surface area (Å²) in [6.07, 6.45) is 1.75. The molecule has 2 atom stereocenters. The summed E-state index contributed by atoms with van der Waals surface area (Å²) in [4.78, 5) is 15.5. The van der Waals surface area contributed by atoms with Gasteiger partial charge in [-0.25, -0.2) is 0 Å². The fraction of sp³-hybridized carbons (Fsp3) is 0.455. The van der Waals surface area contributed by atoms with Crippen molar-refractivity contribution in [2.75, 3.05) is 7.05 Å². The van der Waals surface area contributed by atoms with Gasteiger partial charge in [-0.3, -0.25) is 15.1 Å². The molecule has 0 aliphatic carbocycles. The maximum atomic E-state index is 11.3. The van der Waals surface area contributed by atoms with Crippen LogP contribution in [0.1, 0.15) is 25.6 Å². The van der Waals surface area contributed by atoms with Crippen LogP contribution in [0.5, 0.6) is 0 Å². The van der Waals surface area contributed by atoms with Gasteiger partial charge in [-0.2, -0.15) is 0 Å². The topological polar surface area (TPSA) is 54.0 Å². The maximum Gasteiger partial charge on any atom is 0.236 e. The Morgan fingerprint density at radius 2 is 2.13 bits per heavy atom. The first kappa shape index (κ1) is 11.7. The van der Waals surface area contributed by atoms with E-state index in [1.165, 1.54) is 0 Å². The number of nitrogens with zero attached hydrogens (tertiary/aromatic N) is 1. The molecule has 0 fully saturated rings. The molecule has 1 rings (SSSR count). The molecule has 0 saturated carbocycles. The Morgan fingerprint density at radius 1 is 1.40 bits per heavy atom. The molecule has 0 aromatic carbocycles. The van der Waals surface area contributed by atoms with Gasteiger partial charge in [-0.1, -0.05) is 6.07 Å². The van der Waals surface area contributed by atoms with Crippen molar-refractivity contribution in [3.8, 4) is 0 Å². The summed E-state index contributed by atoms with van der Waals surface area (Å²) in [6.45, 7) is 3.82. The quantitative estimate of drug-likeness (QED) is 0.770. The summed E-state index contributed by atoms with van der Waals surface area (Å²) in [6, 6.07) is 5.60. The van der Waals surface area contributed by atoms with Gasteiger partial charge in [0.1, 0.15) is 0 Å². The molecule has 0 saturated heterocycles. The van der Waals surface area contributed by atoms with Crippen molar-refractivity contribution in [1.82, 2.24) is 15.6 Å². The third-order valence-corrected chi connectivity index (χ3v) is 2.27. The van der Waals surface area contributed by atoms with Crippen LogP contribution in [0.3, 0.4) is 0 Å². The lowest BCUT2D eigenvalue weighted by molar-refractivity contribution is -0.122. The summed E-state index contributed by atoms with van der Waals surface area (Å²) in [5.74, 6) is -0.0159. The van der Waals surface area contributed by atoms with Crippen LogP contribution in [0.2, 0.25) is 0 Å². The first-order valence-corrected chi connectivity index (χ1v) is 5.03. The van der Waals surface area contributed by atoms with Crippen LogP contribution < -0.4 is 10.6 Å². The van der Waals surface area contributed by atoms with E-state index in [4.69, 9.17) is 0 Å². The zero-order chi connectivity index (χ0) is 11.3. The van der Waals surface area contributed by atoms with E-state index in [0.29, 0.717) is 0 Å². The average molecular weight is 207 g/mol. The molecular formula is C11H17N3O. The predicted molar refractivity (Wildman–Crippen MR) is 59.3 cm³/mol. The van der Waals surface area contributed by atoms with Crippen LogP contribution in [0.15, 0.2) is 24.4 Å². The van der Waals surface area contributed by atoms with Gasteiger partial charge in [0.25, 0.3) is 0 Å². The summed E-state index contributed by atoms with van der Waals surface area (Å²) in [5, 5.41) is 5.77. The van der Waals surface area contributed by atoms with E-state index in [2.05, 4.69) is 15.6 Å². The predicted octanol–water partition coefficient (Wildman–Crippen LogP) is 0.867. The number of nitrogens with one attached hydrogen (secondary N) is 2. The van der Waals surface area contributed by atoms with E-state index in [-0.39, 0.29) is 18.0 Å². The molecule has 0 aliphatic heterocycles. The zero-order valence-electron chi connectivity index (χ0n) is 9.32. The summed E-state index contributed by atoms with van der Waals surface area (Å²) in [7, 11) is 1.63. The smallest absolute Gasteiger partial charge is 0.236 e. The van der Waals surface area contributed by atoms with Crippen LogP contribution in [0, 0.1) is 0 Å². The number of hydrogen-bond donors (Lipinski definition) is 2. The Morgan fingerprint density at radius 3 is 2.67 bits per heavy atom. The molecular weight excluding hydrogens is 190 g/mol. The standard InChI is InChI=1S/C11H17N3O/c1-8(10-6-4-5-7-13-10)14-9(2)11(15)12-3/h4-9,14H,1-3H3,(H,12,15)/t8-,9?/m0/s1. The van der Waals surface area contributed by atoms with Crippen molar-refractivity contribution < 1.29 is 4.79 Å². The number of amides is 1. The van der Waals surface area contributed by atoms with Gasteiger partial charge in [-0.05, 0) is 26.0 Å². The maximum absolute atomic E-state index is 11.3. The minimum Gasteiger partial charge on any atom is -0.358 e. The van der Waals surface area contributed by atoms with Crippen molar-refractivity contribution in [2.45, 2.75) is 25.9 Å². The van der Waals surface area contributed by atoms with E-state index < -0.39 is 0 Å². The minimum absolute atomic E-state index is 0.0159. The highest BCUT2D eigenvalue weighted by atomic mass is 16.2. The Labute approximate surface area is 90.1 Å². The summed E-state index contributed by atoms with van der Waals surface area (Å²) in [5.41, 5.74) is 0.938. The lowest BCUT2D eigenvalue weighted by Crippen LogP contribution is -2.41. The van der Waals surface area contributed by atoms with Crippen LogP contribution in [-0.2, 0) is 4.79 Å². The van der Waals surface area contributed by atoms with Gasteiger partial charge in [0.2, 0.25) is 5.91 Å². The molecule has 1 heterocycles. The lowest BCUT2D eigenvalue weighted by Gasteiger charge is -2.18. The fourth-order valence-electron chi connectivity index (χ4n) is 1.38. The molecule has 15 heavy (non-hydrogen) atoms. The fourth-order valence-corrected chi connectivity index (χ4v) is 1.38. The van der Waals surface area contributed by atoms with Crippen molar-refractivity contribution in [2.24, 2.45) is 0 Å². The Kier molecular flexibility index (Phi) is 4.24. The molecule has 4 nitrogen and oxygen atoms in total. The average Bonchev–Trinajstić information content (AvgIpc) is 2.29. The van der Waals surface area contributed by atoms with E-state index in [1.54, 1.807) is 13.2 Å². The molecule has 4 heteroatoms. The second-order valence-corrected chi connectivity index (χ2v) is 3.48. The van der Waals surface area contributed by atoms with E-state index in [0.717, 1.165) is 5.69 Å². The Bertz CT molecular complexity index is 313. The minimum atomic E-state index is -0.216. The van der Waals surface area contributed by atoms with Gasteiger partial charge in [-0.15, -0.1) is 0 Å². The first-order chi connectivity index (χ1) is 7.15. The van der Waals surface area contributed by atoms with Gasteiger partial charge in [0.05, 0.1) is 11.7 Å². The van der Waals surface area contributed by atoms with Crippen molar-refractivity contribution in [3.05, 3.63) is 30.1 Å². The molecule has 0 aliphatic rings. The molecule has 1 amide bonds. The van der Waals surface area contributed by atoms with Crippen LogP contribution in [0.4, 0.5) is 0 Å². The summed E-state index contributed by atoms with van der Waals surface area (Å²) < 4.78 is 0. The Hall–Kier alpha value is -1.42. The van der Waals surface area contributed by atoms with Crippen LogP contribution >= 0.6 is 0 Å². The number of likely N-dealkylation sites (N-methyl/N-ethyl adjacent to an activating group) is 1. The third-order valence-electron chi connectivity index (χ3n) is 2.27. The van der Waals surface area contributed by atoms with Crippen molar-refractivity contribution in [3.63, 3.8) is 0 Å². The Balaban J connectivity index is 2.56. The molecule has 1 aromatic heterocycles. The zero-order valence-corrected chi connectivity index (χ0v) is 9.32. The number of carbonyl (C=O) groups excluding carboxylic acids is 1. The molecule has 1 unspecified atom stereocenters. The molecule has 82 valence electrons. The molecule has 1 aromatic rings. The third kappa shape index (κ3) is 3.32. The highest BCUT2D eigenvalue weighted by Gasteiger charge is 2.14. The number of aromatic nitrogens is 1. The van der Waals surface area contributed by atoms with Gasteiger partial charge in [0.15, 0.2) is 0 Å². The molecule has 0 bridgehead atoms. The lowest BCUT2D eigenvalue weighted by atomic mass is 10.2. The first-order valence-electron chi connectivity index (χ1n) is 5.03. The molecule has 2 N–H and O–H groups in total. The van der Waals surface area contributed by atoms with Gasteiger partial charge >= 0.3 is 0 Å². The summed E-state index contributed by atoms with van der Waals surface area (Å²) >= 11 is 0. The monoisotopic (exact) mass is 207 g/mol. The largest absolute Gasteiger partial charge is 0.358 e. The van der Waals surface area contributed by atoms with Crippen molar-refractivity contribution in [1.29, 1.82) is 0 Å². The molecule has 0 spiro atoms. The number of rotatable bonds is 4. The second kappa shape index (κ2) is 5.46. The van der Waals surface area contributed by atoms with E-state index >= 15 is 0 Å². The van der Waals surface area contributed by atoms with Crippen LogP contribution in [0.25, 0.3) is 0 Å². The highest BCUT2D eigenvalue weighted by molar-refractivity contribution is 5.80.